The number of carboxylic acid groups (broad SMARTS) is 1. The molecule has 0 amide bonds. The van der Waals surface area contributed by atoms with Gasteiger partial charge in [-0.3, -0.25) is 4.79 Å². The Morgan fingerprint density at radius 1 is 1.47 bits per heavy atom. The molecule has 0 bridgehead atoms. The summed E-state index contributed by atoms with van der Waals surface area (Å²) in [5.41, 5.74) is 3.48. The first-order valence-electron chi connectivity index (χ1n) is 5.65. The highest BCUT2D eigenvalue weighted by molar-refractivity contribution is 7.13. The van der Waals surface area contributed by atoms with Crippen LogP contribution in [0.2, 0.25) is 5.02 Å². The summed E-state index contributed by atoms with van der Waals surface area (Å²) < 4.78 is 0. The molecule has 0 saturated heterocycles. The van der Waals surface area contributed by atoms with E-state index < -0.39 is 5.97 Å². The smallest absolute Gasteiger partial charge is 0.309 e. The number of anilines is 2. The molecule has 0 atom stereocenters. The van der Waals surface area contributed by atoms with Crippen molar-refractivity contribution in [2.24, 2.45) is 0 Å². The van der Waals surface area contributed by atoms with Gasteiger partial charge in [0.1, 0.15) is 0 Å². The molecule has 1 aromatic carbocycles. The zero-order valence-corrected chi connectivity index (χ0v) is 12.1. The quantitative estimate of drug-likeness (QED) is 0.901. The van der Waals surface area contributed by atoms with Gasteiger partial charge in [-0.25, -0.2) is 4.98 Å². The van der Waals surface area contributed by atoms with Crippen molar-refractivity contribution in [1.82, 2.24) is 4.98 Å². The van der Waals surface area contributed by atoms with Gasteiger partial charge in [-0.2, -0.15) is 0 Å². The van der Waals surface area contributed by atoms with Crippen molar-refractivity contribution < 1.29 is 9.90 Å². The Kier molecular flexibility index (Phi) is 4.07. The van der Waals surface area contributed by atoms with E-state index in [-0.39, 0.29) is 6.42 Å². The lowest BCUT2D eigenvalue weighted by atomic mass is 10.1. The van der Waals surface area contributed by atoms with Crippen molar-refractivity contribution in [1.29, 1.82) is 0 Å². The van der Waals surface area contributed by atoms with E-state index in [9.17, 15) is 4.79 Å². The van der Waals surface area contributed by atoms with Crippen LogP contribution >= 0.6 is 22.9 Å². The van der Waals surface area contributed by atoms with Crippen LogP contribution in [0.4, 0.5) is 10.8 Å². The Morgan fingerprint density at radius 3 is 2.84 bits per heavy atom. The average molecular weight is 297 g/mol. The zero-order chi connectivity index (χ0) is 14.0. The minimum atomic E-state index is -0.888. The summed E-state index contributed by atoms with van der Waals surface area (Å²) >= 11 is 7.56. The number of halogens is 1. The fraction of sp³-hybridized carbons (Fsp3) is 0.231. The van der Waals surface area contributed by atoms with Crippen molar-refractivity contribution in [3.05, 3.63) is 39.4 Å². The monoisotopic (exact) mass is 296 g/mol. The second-order valence-electron chi connectivity index (χ2n) is 4.28. The number of nitrogens with one attached hydrogen (secondary N) is 1. The first-order chi connectivity index (χ1) is 8.95. The second kappa shape index (κ2) is 5.59. The number of nitrogens with zero attached hydrogens (tertiary/aromatic N) is 1. The largest absolute Gasteiger partial charge is 0.481 e. The number of aromatic nitrogens is 1. The number of rotatable bonds is 4. The maximum absolute atomic E-state index is 10.6. The molecule has 6 heteroatoms. The molecule has 19 heavy (non-hydrogen) atoms. The number of benzene rings is 1. The fourth-order valence-corrected chi connectivity index (χ4v) is 2.86. The van der Waals surface area contributed by atoms with E-state index in [2.05, 4.69) is 10.3 Å². The number of carboxylic acids is 1. The Balaban J connectivity index is 2.22. The minimum Gasteiger partial charge on any atom is -0.481 e. The van der Waals surface area contributed by atoms with Gasteiger partial charge in [-0.05, 0) is 31.0 Å². The highest BCUT2D eigenvalue weighted by Crippen LogP contribution is 2.31. The third kappa shape index (κ3) is 3.45. The Labute approximate surface area is 120 Å². The SMILES string of the molecule is Cc1cc(C)c(Nc2nc(CC(=O)O)cs2)c(Cl)c1. The van der Waals surface area contributed by atoms with Gasteiger partial charge in [0, 0.05) is 5.38 Å². The lowest BCUT2D eigenvalue weighted by molar-refractivity contribution is -0.136. The van der Waals surface area contributed by atoms with Gasteiger partial charge in [-0.15, -0.1) is 11.3 Å². The summed E-state index contributed by atoms with van der Waals surface area (Å²) in [6.07, 6.45) is -0.0706. The van der Waals surface area contributed by atoms with Crippen LogP contribution in [0.25, 0.3) is 0 Å². The number of hydrogen-bond acceptors (Lipinski definition) is 4. The average Bonchev–Trinajstić information content (AvgIpc) is 2.70. The molecule has 0 aliphatic heterocycles. The molecule has 0 spiro atoms. The van der Waals surface area contributed by atoms with Crippen molar-refractivity contribution in [3.63, 3.8) is 0 Å². The van der Waals surface area contributed by atoms with E-state index >= 15 is 0 Å². The zero-order valence-electron chi connectivity index (χ0n) is 10.5. The molecule has 0 aliphatic carbocycles. The van der Waals surface area contributed by atoms with Crippen molar-refractivity contribution >= 4 is 39.7 Å². The van der Waals surface area contributed by atoms with Gasteiger partial charge < -0.3 is 10.4 Å². The standard InChI is InChI=1S/C13H13ClN2O2S/c1-7-3-8(2)12(10(14)4-7)16-13-15-9(6-19-13)5-11(17)18/h3-4,6H,5H2,1-2H3,(H,15,16)(H,17,18). The molecule has 0 fully saturated rings. The number of hydrogen-bond donors (Lipinski definition) is 2. The molecular weight excluding hydrogens is 284 g/mol. The lowest BCUT2D eigenvalue weighted by Gasteiger charge is -2.10. The molecule has 1 heterocycles. The molecule has 0 aliphatic rings. The van der Waals surface area contributed by atoms with Crippen LogP contribution in [0.5, 0.6) is 0 Å². The summed E-state index contributed by atoms with van der Waals surface area (Å²) in [5, 5.41) is 14.9. The maximum Gasteiger partial charge on any atom is 0.309 e. The molecular formula is C13H13ClN2O2S. The normalized spacial score (nSPS) is 10.5. The third-order valence-corrected chi connectivity index (χ3v) is 3.65. The number of aryl methyl sites for hydroxylation is 2. The highest BCUT2D eigenvalue weighted by atomic mass is 35.5. The summed E-state index contributed by atoms with van der Waals surface area (Å²) in [4.78, 5) is 14.8. The molecule has 2 N–H and O–H groups in total. The molecule has 0 radical (unpaired) electrons. The van der Waals surface area contributed by atoms with Gasteiger partial charge in [-0.1, -0.05) is 17.7 Å². The molecule has 0 saturated carbocycles. The molecule has 2 rings (SSSR count). The Morgan fingerprint density at radius 2 is 2.21 bits per heavy atom. The summed E-state index contributed by atoms with van der Waals surface area (Å²) in [6.45, 7) is 3.95. The minimum absolute atomic E-state index is 0.0706. The third-order valence-electron chi connectivity index (χ3n) is 2.55. The number of carbonyl (C=O) groups is 1. The second-order valence-corrected chi connectivity index (χ2v) is 5.54. The van der Waals surface area contributed by atoms with Gasteiger partial charge in [0.25, 0.3) is 0 Å². The van der Waals surface area contributed by atoms with Gasteiger partial charge in [0.05, 0.1) is 22.8 Å². The van der Waals surface area contributed by atoms with Gasteiger partial charge >= 0.3 is 5.97 Å². The summed E-state index contributed by atoms with van der Waals surface area (Å²) in [6, 6.07) is 3.91. The van der Waals surface area contributed by atoms with Crippen molar-refractivity contribution in [2.45, 2.75) is 20.3 Å². The van der Waals surface area contributed by atoms with Crippen LogP contribution in [0.15, 0.2) is 17.5 Å². The maximum atomic E-state index is 10.6. The van der Waals surface area contributed by atoms with Crippen LogP contribution in [-0.2, 0) is 11.2 Å². The Hall–Kier alpha value is -1.59. The van der Waals surface area contributed by atoms with E-state index in [1.54, 1.807) is 5.38 Å². The summed E-state index contributed by atoms with van der Waals surface area (Å²) in [5.74, 6) is -0.888. The highest BCUT2D eigenvalue weighted by Gasteiger charge is 2.10. The first-order valence-corrected chi connectivity index (χ1v) is 6.91. The van der Waals surface area contributed by atoms with E-state index in [1.165, 1.54) is 11.3 Å². The van der Waals surface area contributed by atoms with Gasteiger partial charge in [0.15, 0.2) is 5.13 Å². The summed E-state index contributed by atoms with van der Waals surface area (Å²) in [7, 11) is 0. The number of aliphatic carboxylic acids is 1. The predicted molar refractivity (Wildman–Crippen MR) is 77.7 cm³/mol. The van der Waals surface area contributed by atoms with Crippen LogP contribution < -0.4 is 5.32 Å². The van der Waals surface area contributed by atoms with E-state index in [1.807, 2.05) is 26.0 Å². The first kappa shape index (κ1) is 13.8. The fourth-order valence-electron chi connectivity index (χ4n) is 1.78. The van der Waals surface area contributed by atoms with Crippen LogP contribution in [0, 0.1) is 13.8 Å². The van der Waals surface area contributed by atoms with E-state index in [0.717, 1.165) is 16.8 Å². The molecule has 0 unspecified atom stereocenters. The van der Waals surface area contributed by atoms with Crippen molar-refractivity contribution in [2.75, 3.05) is 5.32 Å². The molecule has 4 nitrogen and oxygen atoms in total. The topological polar surface area (TPSA) is 62.2 Å². The molecule has 100 valence electrons. The molecule has 2 aromatic rings. The number of thiazole rings is 1. The van der Waals surface area contributed by atoms with E-state index in [0.29, 0.717) is 15.8 Å². The van der Waals surface area contributed by atoms with Crippen molar-refractivity contribution in [3.8, 4) is 0 Å². The van der Waals surface area contributed by atoms with Crippen LogP contribution in [-0.4, -0.2) is 16.1 Å². The van der Waals surface area contributed by atoms with Crippen LogP contribution in [0.1, 0.15) is 16.8 Å². The molecule has 1 aromatic heterocycles. The van der Waals surface area contributed by atoms with Crippen LogP contribution in [0.3, 0.4) is 0 Å². The van der Waals surface area contributed by atoms with Gasteiger partial charge in [0.2, 0.25) is 0 Å². The Bertz CT molecular complexity index is 602. The van der Waals surface area contributed by atoms with E-state index in [4.69, 9.17) is 16.7 Å². The predicted octanol–water partition coefficient (Wildman–Crippen LogP) is 3.78. The lowest BCUT2D eigenvalue weighted by Crippen LogP contribution is -2.00.